The van der Waals surface area contributed by atoms with Gasteiger partial charge in [0.05, 0.1) is 0 Å². The Morgan fingerprint density at radius 1 is 1.16 bits per heavy atom. The number of halogens is 3. The zero-order valence-corrected chi connectivity index (χ0v) is 15.9. The summed E-state index contributed by atoms with van der Waals surface area (Å²) in [6.45, 7) is 11.5. The molecule has 0 unspecified atom stereocenters. The first-order valence-electron chi connectivity index (χ1n) is 6.08. The molecule has 0 saturated heterocycles. The molecule has 0 N–H and O–H groups in total. The van der Waals surface area contributed by atoms with Gasteiger partial charge < -0.3 is 0 Å². The smallest absolute Gasteiger partial charge is 0.167 e. The van der Waals surface area contributed by atoms with Crippen LogP contribution in [0.3, 0.4) is 0 Å². The first-order valence-corrected chi connectivity index (χ1v) is 14.4. The Balaban J connectivity index is 0.000000399. The van der Waals surface area contributed by atoms with E-state index in [-0.39, 0.29) is 0 Å². The normalized spacial score (nSPS) is 10.6. The summed E-state index contributed by atoms with van der Waals surface area (Å²) >= 11 is 17.7. The van der Waals surface area contributed by atoms with Gasteiger partial charge in [-0.2, -0.15) is 11.1 Å². The molecule has 0 heterocycles. The molecule has 1 aromatic carbocycles. The van der Waals surface area contributed by atoms with Gasteiger partial charge >= 0.3 is 0 Å². The average molecular weight is 352 g/mol. The van der Waals surface area contributed by atoms with Gasteiger partial charge in [-0.05, 0) is 23.2 Å². The van der Waals surface area contributed by atoms with Gasteiger partial charge in [-0.15, -0.1) is 35.3 Å². The van der Waals surface area contributed by atoms with E-state index in [1.54, 1.807) is 0 Å². The summed E-state index contributed by atoms with van der Waals surface area (Å²) in [5, 5.41) is 1.11. The first kappa shape index (κ1) is 19.0. The Hall–Kier alpha value is 0.00377. The largest absolute Gasteiger partial charge is 0.266 e. The van der Waals surface area contributed by atoms with Crippen LogP contribution in [0.4, 0.5) is 0 Å². The second-order valence-electron chi connectivity index (χ2n) is 4.70. The minimum atomic E-state index is -1.70. The summed E-state index contributed by atoms with van der Waals surface area (Å²) in [7, 11) is -3.01. The molecule has 0 aromatic heterocycles. The van der Waals surface area contributed by atoms with Crippen LogP contribution in [0.15, 0.2) is 49.6 Å². The Labute approximate surface area is 133 Å². The summed E-state index contributed by atoms with van der Waals surface area (Å²) in [5.41, 5.74) is 1.20. The number of hydrogen-bond acceptors (Lipinski definition) is 0. The van der Waals surface area contributed by atoms with Crippen molar-refractivity contribution in [1.82, 2.24) is 0 Å². The van der Waals surface area contributed by atoms with Gasteiger partial charge in [0.25, 0.3) is 7.42 Å². The van der Waals surface area contributed by atoms with Crippen molar-refractivity contribution in [3.05, 3.63) is 55.1 Å². The molecule has 0 spiro atoms. The maximum Gasteiger partial charge on any atom is 0.266 e. The second-order valence-corrected chi connectivity index (χ2v) is 16.1. The third-order valence-corrected chi connectivity index (χ3v) is 6.45. The van der Waals surface area contributed by atoms with E-state index in [0.29, 0.717) is 0 Å². The first-order chi connectivity index (χ1) is 8.81. The number of benzene rings is 1. The molecular formula is C14H21Cl3Si2. The molecule has 0 fully saturated rings. The van der Waals surface area contributed by atoms with Crippen molar-refractivity contribution in [2.24, 2.45) is 0 Å². The molecule has 0 aliphatic rings. The summed E-state index contributed by atoms with van der Waals surface area (Å²) in [5.74, 6) is 0. The van der Waals surface area contributed by atoms with Crippen LogP contribution in [0, 0.1) is 0 Å². The molecule has 19 heavy (non-hydrogen) atoms. The fourth-order valence-electron chi connectivity index (χ4n) is 1.43. The van der Waals surface area contributed by atoms with E-state index >= 15 is 0 Å². The highest BCUT2D eigenvalue weighted by atomic mass is 35.7. The highest BCUT2D eigenvalue weighted by Gasteiger charge is 2.12. The summed E-state index contributed by atoms with van der Waals surface area (Å²) in [4.78, 5) is 0. The van der Waals surface area contributed by atoms with Crippen LogP contribution in [-0.4, -0.2) is 14.8 Å². The van der Waals surface area contributed by atoms with Crippen molar-refractivity contribution in [2.75, 3.05) is 0 Å². The molecule has 0 saturated carbocycles. The molecule has 1 aromatic rings. The van der Waals surface area contributed by atoms with Crippen LogP contribution in [0.25, 0.3) is 0 Å². The van der Waals surface area contributed by atoms with E-state index in [2.05, 4.69) is 26.3 Å². The molecule has 0 bridgehead atoms. The van der Waals surface area contributed by atoms with Crippen LogP contribution in [0.1, 0.15) is 5.56 Å². The van der Waals surface area contributed by atoms with E-state index in [0.717, 1.165) is 17.7 Å². The zero-order valence-electron chi connectivity index (χ0n) is 11.5. The monoisotopic (exact) mass is 350 g/mol. The van der Waals surface area contributed by atoms with Gasteiger partial charge in [0.2, 0.25) is 0 Å². The minimum absolute atomic E-state index is 0.846. The highest BCUT2D eigenvalue weighted by Crippen LogP contribution is 2.13. The van der Waals surface area contributed by atoms with E-state index in [1.165, 1.54) is 5.56 Å². The average Bonchev–Trinajstić information content (AvgIpc) is 2.29. The van der Waals surface area contributed by atoms with Crippen molar-refractivity contribution in [3.8, 4) is 0 Å². The predicted octanol–water partition coefficient (Wildman–Crippen LogP) is 4.94. The fourth-order valence-corrected chi connectivity index (χ4v) is 4.47. The molecule has 5 heteroatoms. The molecule has 0 amide bonds. The van der Waals surface area contributed by atoms with Crippen molar-refractivity contribution >= 4 is 53.2 Å². The van der Waals surface area contributed by atoms with Gasteiger partial charge in [-0.1, -0.05) is 49.5 Å². The lowest BCUT2D eigenvalue weighted by atomic mass is 10.1. The summed E-state index contributed by atoms with van der Waals surface area (Å²) in [6, 6.07) is 9.01. The molecular weight excluding hydrogens is 331 g/mol. The second kappa shape index (κ2) is 9.84. The maximum absolute atomic E-state index is 5.91. The molecule has 106 valence electrons. The van der Waals surface area contributed by atoms with Crippen LogP contribution >= 0.6 is 33.2 Å². The van der Waals surface area contributed by atoms with Crippen molar-refractivity contribution in [1.29, 1.82) is 0 Å². The highest BCUT2D eigenvalue weighted by molar-refractivity contribution is 7.39. The SMILES string of the molecule is C=CC[Si](C)(C)Cl.C=CCc1ccccc1[SiH](Cl)Cl. The van der Waals surface area contributed by atoms with E-state index in [4.69, 9.17) is 33.2 Å². The van der Waals surface area contributed by atoms with Gasteiger partial charge in [0.15, 0.2) is 7.38 Å². The Kier molecular flexibility index (Phi) is 9.84. The van der Waals surface area contributed by atoms with Crippen LogP contribution in [0.2, 0.25) is 19.1 Å². The van der Waals surface area contributed by atoms with Gasteiger partial charge in [-0.3, -0.25) is 0 Å². The zero-order chi connectivity index (χ0) is 14.9. The van der Waals surface area contributed by atoms with Crippen molar-refractivity contribution in [3.63, 3.8) is 0 Å². The lowest BCUT2D eigenvalue weighted by molar-refractivity contribution is 1.30. The Bertz CT molecular complexity index is 398. The lowest BCUT2D eigenvalue weighted by Crippen LogP contribution is -2.22. The van der Waals surface area contributed by atoms with Gasteiger partial charge in [-0.25, -0.2) is 0 Å². The molecule has 0 atom stereocenters. The third-order valence-electron chi connectivity index (χ3n) is 2.28. The molecule has 1 rings (SSSR count). The van der Waals surface area contributed by atoms with E-state index in [1.807, 2.05) is 36.4 Å². The van der Waals surface area contributed by atoms with Crippen LogP contribution < -0.4 is 5.19 Å². The predicted molar refractivity (Wildman–Crippen MR) is 97.2 cm³/mol. The fraction of sp³-hybridized carbons (Fsp3) is 0.286. The quantitative estimate of drug-likeness (QED) is 0.400. The standard InChI is InChI=1S/C9H10Cl2Si.C5H11ClSi/c1-2-5-8-6-3-4-7-9(8)12(10)11;1-4-5-7(2,3)6/h2-4,6-7,12H,1,5H2;4H,1,5H2,2-3H3. The van der Waals surface area contributed by atoms with Gasteiger partial charge in [0, 0.05) is 0 Å². The molecule has 0 aliphatic carbocycles. The third kappa shape index (κ3) is 9.52. The molecule has 0 aliphatic heterocycles. The molecule has 0 radical (unpaired) electrons. The topological polar surface area (TPSA) is 0 Å². The number of rotatable bonds is 5. The van der Waals surface area contributed by atoms with Crippen molar-refractivity contribution in [2.45, 2.75) is 25.6 Å². The Morgan fingerprint density at radius 3 is 2.11 bits per heavy atom. The number of allylic oxidation sites excluding steroid dienone is 2. The summed E-state index contributed by atoms with van der Waals surface area (Å²) in [6.07, 6.45) is 4.60. The Morgan fingerprint density at radius 2 is 1.74 bits per heavy atom. The van der Waals surface area contributed by atoms with Crippen LogP contribution in [0.5, 0.6) is 0 Å². The molecule has 0 nitrogen and oxygen atoms in total. The van der Waals surface area contributed by atoms with Crippen LogP contribution in [-0.2, 0) is 6.42 Å². The van der Waals surface area contributed by atoms with E-state index in [9.17, 15) is 0 Å². The van der Waals surface area contributed by atoms with Crippen molar-refractivity contribution < 1.29 is 0 Å². The van der Waals surface area contributed by atoms with Gasteiger partial charge in [0.1, 0.15) is 0 Å². The maximum atomic E-state index is 5.91. The number of hydrogen-bond donors (Lipinski definition) is 0. The minimum Gasteiger partial charge on any atom is -0.167 e. The summed E-state index contributed by atoms with van der Waals surface area (Å²) < 4.78 is 0. The van der Waals surface area contributed by atoms with E-state index < -0.39 is 14.8 Å². The lowest BCUT2D eigenvalue weighted by Gasteiger charge is -2.06.